The highest BCUT2D eigenvalue weighted by atomic mass is 35.5. The van der Waals surface area contributed by atoms with Crippen LogP contribution in [-0.2, 0) is 0 Å². The molecule has 0 bridgehead atoms. The van der Waals surface area contributed by atoms with E-state index in [4.69, 9.17) is 5.73 Å². The van der Waals surface area contributed by atoms with Crippen LogP contribution in [0.3, 0.4) is 0 Å². The third-order valence-corrected chi connectivity index (χ3v) is 3.99. The van der Waals surface area contributed by atoms with Crippen molar-refractivity contribution in [2.45, 2.75) is 20.3 Å². The number of nitro groups is 1. The van der Waals surface area contributed by atoms with E-state index in [1.807, 2.05) is 0 Å². The Morgan fingerprint density at radius 2 is 2.19 bits per heavy atom. The number of hydrogen-bond acceptors (Lipinski definition) is 4. The molecule has 0 aliphatic carbocycles. The van der Waals surface area contributed by atoms with Crippen LogP contribution in [0.5, 0.6) is 0 Å². The number of halogens is 1. The minimum atomic E-state index is -0.456. The summed E-state index contributed by atoms with van der Waals surface area (Å²) in [5.74, 6) is -0.0745. The first-order chi connectivity index (χ1) is 9.36. The number of likely N-dealkylation sites (tertiary alicyclic amines) is 1. The van der Waals surface area contributed by atoms with Crippen molar-refractivity contribution in [3.63, 3.8) is 0 Å². The van der Waals surface area contributed by atoms with E-state index in [1.165, 1.54) is 18.2 Å². The molecule has 1 aromatic carbocycles. The van der Waals surface area contributed by atoms with E-state index in [0.717, 1.165) is 6.42 Å². The summed E-state index contributed by atoms with van der Waals surface area (Å²) in [5.41, 5.74) is 6.88. The second-order valence-corrected chi connectivity index (χ2v) is 5.75. The van der Waals surface area contributed by atoms with E-state index in [0.29, 0.717) is 30.8 Å². The second kappa shape index (κ2) is 6.41. The van der Waals surface area contributed by atoms with Crippen molar-refractivity contribution < 1.29 is 9.72 Å². The Kier molecular flexibility index (Phi) is 5.31. The molecule has 21 heavy (non-hydrogen) atoms. The summed E-state index contributed by atoms with van der Waals surface area (Å²) < 4.78 is 0. The van der Waals surface area contributed by atoms with E-state index in [9.17, 15) is 14.9 Å². The van der Waals surface area contributed by atoms with Crippen molar-refractivity contribution in [2.24, 2.45) is 11.1 Å². The van der Waals surface area contributed by atoms with Gasteiger partial charge in [-0.1, -0.05) is 6.92 Å². The molecular formula is C14H20ClN3O3. The van der Waals surface area contributed by atoms with E-state index in [2.05, 4.69) is 6.92 Å². The van der Waals surface area contributed by atoms with Gasteiger partial charge in [0.1, 0.15) is 0 Å². The first-order valence-electron chi connectivity index (χ1n) is 6.61. The van der Waals surface area contributed by atoms with Crippen LogP contribution in [0.2, 0.25) is 0 Å². The van der Waals surface area contributed by atoms with E-state index in [-0.39, 0.29) is 29.4 Å². The Morgan fingerprint density at radius 1 is 1.52 bits per heavy atom. The SMILES string of the molecule is Cc1cc([N+](=O)[O-])ccc1C(=O)N1CCC(C)(CN)C1.Cl. The predicted octanol–water partition coefficient (Wildman–Crippen LogP) is 2.14. The average molecular weight is 314 g/mol. The fourth-order valence-electron chi connectivity index (χ4n) is 2.54. The third kappa shape index (κ3) is 3.51. The zero-order valence-electron chi connectivity index (χ0n) is 12.2. The summed E-state index contributed by atoms with van der Waals surface area (Å²) in [6.45, 7) is 5.67. The van der Waals surface area contributed by atoms with Gasteiger partial charge < -0.3 is 10.6 Å². The fraction of sp³-hybridized carbons (Fsp3) is 0.500. The summed E-state index contributed by atoms with van der Waals surface area (Å²) in [6.07, 6.45) is 0.890. The van der Waals surface area contributed by atoms with Gasteiger partial charge in [0, 0.05) is 30.8 Å². The monoisotopic (exact) mass is 313 g/mol. The largest absolute Gasteiger partial charge is 0.338 e. The maximum absolute atomic E-state index is 12.5. The van der Waals surface area contributed by atoms with Gasteiger partial charge in [-0.3, -0.25) is 14.9 Å². The summed E-state index contributed by atoms with van der Waals surface area (Å²) in [7, 11) is 0. The van der Waals surface area contributed by atoms with Gasteiger partial charge in [0.05, 0.1) is 4.92 Å². The summed E-state index contributed by atoms with van der Waals surface area (Å²) >= 11 is 0. The van der Waals surface area contributed by atoms with Gasteiger partial charge in [-0.2, -0.15) is 0 Å². The molecule has 0 saturated carbocycles. The normalized spacial score (nSPS) is 21.0. The molecule has 1 saturated heterocycles. The van der Waals surface area contributed by atoms with Crippen molar-refractivity contribution in [1.82, 2.24) is 4.90 Å². The molecule has 2 N–H and O–H groups in total. The summed E-state index contributed by atoms with van der Waals surface area (Å²) in [5, 5.41) is 10.7. The number of carbonyl (C=O) groups excluding carboxylic acids is 1. The molecule has 116 valence electrons. The van der Waals surface area contributed by atoms with Crippen LogP contribution in [0, 0.1) is 22.5 Å². The molecule has 2 rings (SSSR count). The van der Waals surface area contributed by atoms with Crippen molar-refractivity contribution in [3.8, 4) is 0 Å². The molecule has 0 aromatic heterocycles. The van der Waals surface area contributed by atoms with Gasteiger partial charge in [0.2, 0.25) is 0 Å². The summed E-state index contributed by atoms with van der Waals surface area (Å²) in [6, 6.07) is 4.35. The lowest BCUT2D eigenvalue weighted by Gasteiger charge is -2.23. The first-order valence-corrected chi connectivity index (χ1v) is 6.61. The van der Waals surface area contributed by atoms with Gasteiger partial charge >= 0.3 is 0 Å². The lowest BCUT2D eigenvalue weighted by atomic mass is 9.90. The first kappa shape index (κ1) is 17.4. The Balaban J connectivity index is 0.00000220. The van der Waals surface area contributed by atoms with Crippen LogP contribution in [0.1, 0.15) is 29.3 Å². The van der Waals surface area contributed by atoms with Crippen molar-refractivity contribution in [3.05, 3.63) is 39.4 Å². The molecule has 1 unspecified atom stereocenters. The minimum absolute atomic E-state index is 0. The Hall–Kier alpha value is -1.66. The molecule has 1 heterocycles. The van der Waals surface area contributed by atoms with Crippen LogP contribution >= 0.6 is 12.4 Å². The highest BCUT2D eigenvalue weighted by molar-refractivity contribution is 5.96. The predicted molar refractivity (Wildman–Crippen MR) is 82.8 cm³/mol. The molecule has 1 aliphatic heterocycles. The van der Waals surface area contributed by atoms with Gasteiger partial charge in [-0.05, 0) is 36.9 Å². The Bertz CT molecular complexity index is 564. The number of non-ortho nitro benzene ring substituents is 1. The van der Waals surface area contributed by atoms with E-state index >= 15 is 0 Å². The van der Waals surface area contributed by atoms with Crippen molar-refractivity contribution >= 4 is 24.0 Å². The van der Waals surface area contributed by atoms with Crippen LogP contribution in [0.4, 0.5) is 5.69 Å². The number of hydrogen-bond donors (Lipinski definition) is 1. The van der Waals surface area contributed by atoms with Crippen LogP contribution in [-0.4, -0.2) is 35.4 Å². The standard InChI is InChI=1S/C14H19N3O3.ClH/c1-10-7-11(17(19)20)3-4-12(10)13(18)16-6-5-14(2,8-15)9-16;/h3-4,7H,5-6,8-9,15H2,1-2H3;1H. The van der Waals surface area contributed by atoms with Gasteiger partial charge in [0.15, 0.2) is 0 Å². The molecule has 1 aromatic rings. The number of aryl methyl sites for hydroxylation is 1. The van der Waals surface area contributed by atoms with Crippen molar-refractivity contribution in [2.75, 3.05) is 19.6 Å². The zero-order valence-corrected chi connectivity index (χ0v) is 13.0. The van der Waals surface area contributed by atoms with E-state index in [1.54, 1.807) is 11.8 Å². The number of amides is 1. The number of nitrogens with two attached hydrogens (primary N) is 1. The van der Waals surface area contributed by atoms with Crippen LogP contribution < -0.4 is 5.73 Å². The lowest BCUT2D eigenvalue weighted by Crippen LogP contribution is -2.34. The minimum Gasteiger partial charge on any atom is -0.338 e. The fourth-order valence-corrected chi connectivity index (χ4v) is 2.54. The maximum Gasteiger partial charge on any atom is 0.269 e. The molecule has 1 fully saturated rings. The highest BCUT2D eigenvalue weighted by Gasteiger charge is 2.35. The zero-order chi connectivity index (χ0) is 14.9. The highest BCUT2D eigenvalue weighted by Crippen LogP contribution is 2.30. The molecule has 6 nitrogen and oxygen atoms in total. The van der Waals surface area contributed by atoms with Crippen LogP contribution in [0.15, 0.2) is 18.2 Å². The molecule has 0 radical (unpaired) electrons. The quantitative estimate of drug-likeness (QED) is 0.684. The number of nitro benzene ring substituents is 1. The molecule has 1 aliphatic rings. The smallest absolute Gasteiger partial charge is 0.269 e. The molecule has 1 amide bonds. The maximum atomic E-state index is 12.5. The van der Waals surface area contributed by atoms with E-state index < -0.39 is 4.92 Å². The van der Waals surface area contributed by atoms with Gasteiger partial charge in [-0.15, -0.1) is 12.4 Å². The Morgan fingerprint density at radius 3 is 2.67 bits per heavy atom. The van der Waals surface area contributed by atoms with Gasteiger partial charge in [0.25, 0.3) is 11.6 Å². The van der Waals surface area contributed by atoms with Crippen molar-refractivity contribution in [1.29, 1.82) is 0 Å². The van der Waals surface area contributed by atoms with Gasteiger partial charge in [-0.25, -0.2) is 0 Å². The molecular weight excluding hydrogens is 294 g/mol. The number of benzene rings is 1. The topological polar surface area (TPSA) is 89.5 Å². The van der Waals surface area contributed by atoms with Crippen LogP contribution in [0.25, 0.3) is 0 Å². The number of nitrogens with zero attached hydrogens (tertiary/aromatic N) is 2. The number of rotatable bonds is 3. The molecule has 0 spiro atoms. The molecule has 7 heteroatoms. The molecule has 1 atom stereocenters. The Labute approximate surface area is 129 Å². The third-order valence-electron chi connectivity index (χ3n) is 3.99. The second-order valence-electron chi connectivity index (χ2n) is 5.75. The summed E-state index contributed by atoms with van der Waals surface area (Å²) in [4.78, 5) is 24.5. The average Bonchev–Trinajstić information content (AvgIpc) is 2.81. The lowest BCUT2D eigenvalue weighted by molar-refractivity contribution is -0.384. The number of carbonyl (C=O) groups is 1.